The quantitative estimate of drug-likeness (QED) is 0.761. The third kappa shape index (κ3) is 1.81. The van der Waals surface area contributed by atoms with Gasteiger partial charge in [0, 0.05) is 0 Å². The molecule has 0 radical (unpaired) electrons. The minimum Gasteiger partial charge on any atom is -0.469 e. The van der Waals surface area contributed by atoms with Crippen LogP contribution in [-0.2, 0) is 19.1 Å². The number of methoxy groups -OCH3 is 1. The summed E-state index contributed by atoms with van der Waals surface area (Å²) in [5.41, 5.74) is 4.84. The first kappa shape index (κ1) is 13.3. The predicted molar refractivity (Wildman–Crippen MR) is 64.6 cm³/mol. The van der Waals surface area contributed by atoms with Gasteiger partial charge < -0.3 is 15.2 Å². The van der Waals surface area contributed by atoms with Crippen molar-refractivity contribution in [2.75, 3.05) is 7.11 Å². The molecule has 2 N–H and O–H groups in total. The fourth-order valence-electron chi connectivity index (χ4n) is 3.24. The summed E-state index contributed by atoms with van der Waals surface area (Å²) in [5.74, 6) is -0.554. The summed E-state index contributed by atoms with van der Waals surface area (Å²) in [7, 11) is 1.39. The van der Waals surface area contributed by atoms with Gasteiger partial charge in [-0.1, -0.05) is 0 Å². The van der Waals surface area contributed by atoms with Crippen molar-refractivity contribution in [2.45, 2.75) is 51.7 Å². The average Bonchev–Trinajstić information content (AvgIpc) is 2.10. The van der Waals surface area contributed by atoms with Crippen LogP contribution in [0.3, 0.4) is 0 Å². The van der Waals surface area contributed by atoms with Crippen molar-refractivity contribution in [2.24, 2.45) is 16.6 Å². The van der Waals surface area contributed by atoms with Gasteiger partial charge in [0.1, 0.15) is 11.6 Å². The van der Waals surface area contributed by atoms with Gasteiger partial charge in [-0.15, -0.1) is 0 Å². The van der Waals surface area contributed by atoms with Gasteiger partial charge >= 0.3 is 11.9 Å². The Kier molecular flexibility index (Phi) is 2.74. The molecule has 0 aliphatic heterocycles. The highest BCUT2D eigenvalue weighted by molar-refractivity contribution is 5.85. The van der Waals surface area contributed by atoms with Crippen molar-refractivity contribution in [3.63, 3.8) is 0 Å². The monoisotopic (exact) mass is 255 g/mol. The van der Waals surface area contributed by atoms with Crippen molar-refractivity contribution in [1.29, 1.82) is 0 Å². The van der Waals surface area contributed by atoms with Gasteiger partial charge in [-0.05, 0) is 45.4 Å². The molecule has 1 atom stereocenters. The van der Waals surface area contributed by atoms with Crippen LogP contribution in [0, 0.1) is 10.8 Å². The van der Waals surface area contributed by atoms with Gasteiger partial charge in [0.25, 0.3) is 0 Å². The van der Waals surface area contributed by atoms with Crippen LogP contribution in [0.5, 0.6) is 0 Å². The number of hydrogen-bond donors (Lipinski definition) is 1. The van der Waals surface area contributed by atoms with Crippen molar-refractivity contribution in [3.05, 3.63) is 0 Å². The predicted octanol–water partition coefficient (Wildman–Crippen LogP) is 0.999. The summed E-state index contributed by atoms with van der Waals surface area (Å²) in [6.45, 7) is 5.45. The standard InChI is InChI=1S/C13H21NO4/c1-11(2,3)18-9(15)8(14)12-5-13(6-12,7-12)10(16)17-4/h8H,5-7,14H2,1-4H3. The first-order valence-corrected chi connectivity index (χ1v) is 6.21. The molecule has 5 nitrogen and oxygen atoms in total. The Hall–Kier alpha value is -1.10. The first-order chi connectivity index (χ1) is 8.14. The van der Waals surface area contributed by atoms with E-state index in [-0.39, 0.29) is 22.8 Å². The van der Waals surface area contributed by atoms with Gasteiger partial charge in [-0.25, -0.2) is 0 Å². The van der Waals surface area contributed by atoms with E-state index in [1.54, 1.807) is 0 Å². The van der Waals surface area contributed by atoms with Crippen LogP contribution in [0.2, 0.25) is 0 Å². The lowest BCUT2D eigenvalue weighted by molar-refractivity contribution is -0.237. The molecule has 0 aromatic rings. The first-order valence-electron chi connectivity index (χ1n) is 6.21. The Morgan fingerprint density at radius 1 is 1.22 bits per heavy atom. The van der Waals surface area contributed by atoms with Crippen LogP contribution in [0.25, 0.3) is 0 Å². The molecule has 0 spiro atoms. The summed E-state index contributed by atoms with van der Waals surface area (Å²) in [4.78, 5) is 23.4. The largest absolute Gasteiger partial charge is 0.469 e. The molecule has 3 aliphatic carbocycles. The van der Waals surface area contributed by atoms with Crippen LogP contribution in [-0.4, -0.2) is 30.7 Å². The highest BCUT2D eigenvalue weighted by Crippen LogP contribution is 2.74. The molecule has 2 bridgehead atoms. The van der Waals surface area contributed by atoms with Crippen molar-refractivity contribution in [1.82, 2.24) is 0 Å². The van der Waals surface area contributed by atoms with Crippen molar-refractivity contribution in [3.8, 4) is 0 Å². The minimum absolute atomic E-state index is 0.180. The Morgan fingerprint density at radius 2 is 1.72 bits per heavy atom. The molecule has 0 aromatic heterocycles. The third-order valence-corrected chi connectivity index (χ3v) is 4.01. The fourth-order valence-corrected chi connectivity index (χ4v) is 3.24. The molecule has 1 unspecified atom stereocenters. The molecule has 102 valence electrons. The van der Waals surface area contributed by atoms with E-state index in [1.807, 2.05) is 20.8 Å². The molecular formula is C13H21NO4. The van der Waals surface area contributed by atoms with Crippen LogP contribution >= 0.6 is 0 Å². The maximum atomic E-state index is 11.9. The molecule has 3 saturated carbocycles. The Balaban J connectivity index is 1.93. The van der Waals surface area contributed by atoms with E-state index >= 15 is 0 Å². The average molecular weight is 255 g/mol. The highest BCUT2D eigenvalue weighted by Gasteiger charge is 2.75. The molecule has 3 aliphatic rings. The minimum atomic E-state index is -0.636. The second-order valence-electron chi connectivity index (χ2n) is 6.68. The summed E-state index contributed by atoms with van der Waals surface area (Å²) in [6, 6.07) is -0.636. The number of hydrogen-bond acceptors (Lipinski definition) is 5. The molecule has 3 fully saturated rings. The van der Waals surface area contributed by atoms with E-state index in [0.717, 1.165) is 0 Å². The number of carbonyl (C=O) groups is 2. The third-order valence-electron chi connectivity index (χ3n) is 4.01. The van der Waals surface area contributed by atoms with Gasteiger partial charge in [0.05, 0.1) is 12.5 Å². The van der Waals surface area contributed by atoms with Gasteiger partial charge in [-0.3, -0.25) is 9.59 Å². The topological polar surface area (TPSA) is 78.6 Å². The zero-order chi connectivity index (χ0) is 13.8. The van der Waals surface area contributed by atoms with E-state index in [2.05, 4.69) is 0 Å². The SMILES string of the molecule is COC(=O)C12CC(C(N)C(=O)OC(C)(C)C)(C1)C2. The van der Waals surface area contributed by atoms with Gasteiger partial charge in [-0.2, -0.15) is 0 Å². The van der Waals surface area contributed by atoms with E-state index < -0.39 is 11.6 Å². The summed E-state index contributed by atoms with van der Waals surface area (Å²) >= 11 is 0. The Morgan fingerprint density at radius 3 is 2.11 bits per heavy atom. The van der Waals surface area contributed by atoms with Crippen LogP contribution < -0.4 is 5.73 Å². The lowest BCUT2D eigenvalue weighted by atomic mass is 9.33. The second kappa shape index (κ2) is 3.70. The summed E-state index contributed by atoms with van der Waals surface area (Å²) in [6.07, 6.45) is 1.94. The zero-order valence-electron chi connectivity index (χ0n) is 11.4. The number of esters is 2. The number of carbonyl (C=O) groups excluding carboxylic acids is 2. The Labute approximate surface area is 107 Å². The maximum absolute atomic E-state index is 11.9. The second-order valence-corrected chi connectivity index (χ2v) is 6.68. The van der Waals surface area contributed by atoms with E-state index in [9.17, 15) is 9.59 Å². The van der Waals surface area contributed by atoms with E-state index in [4.69, 9.17) is 15.2 Å². The molecule has 0 saturated heterocycles. The normalized spacial score (nSPS) is 34.9. The van der Waals surface area contributed by atoms with Crippen LogP contribution in [0.15, 0.2) is 0 Å². The van der Waals surface area contributed by atoms with E-state index in [0.29, 0.717) is 19.3 Å². The van der Waals surface area contributed by atoms with Crippen molar-refractivity contribution >= 4 is 11.9 Å². The molecule has 0 heterocycles. The number of nitrogens with two attached hydrogens (primary N) is 1. The molecule has 5 heteroatoms. The summed E-state index contributed by atoms with van der Waals surface area (Å²) in [5, 5.41) is 0. The van der Waals surface area contributed by atoms with Crippen LogP contribution in [0.4, 0.5) is 0 Å². The lowest BCUT2D eigenvalue weighted by Crippen LogP contribution is -2.73. The highest BCUT2D eigenvalue weighted by atomic mass is 16.6. The lowest BCUT2D eigenvalue weighted by Gasteiger charge is -2.69. The molecular weight excluding hydrogens is 234 g/mol. The van der Waals surface area contributed by atoms with E-state index in [1.165, 1.54) is 7.11 Å². The van der Waals surface area contributed by atoms with Gasteiger partial charge in [0.15, 0.2) is 0 Å². The molecule has 3 rings (SSSR count). The Bertz CT molecular complexity index is 377. The molecule has 0 amide bonds. The molecule has 18 heavy (non-hydrogen) atoms. The van der Waals surface area contributed by atoms with Crippen LogP contribution in [0.1, 0.15) is 40.0 Å². The van der Waals surface area contributed by atoms with Crippen molar-refractivity contribution < 1.29 is 19.1 Å². The zero-order valence-corrected chi connectivity index (χ0v) is 11.4. The van der Waals surface area contributed by atoms with Gasteiger partial charge in [0.2, 0.25) is 0 Å². The number of rotatable bonds is 3. The number of ether oxygens (including phenoxy) is 2. The smallest absolute Gasteiger partial charge is 0.324 e. The molecule has 0 aromatic carbocycles. The summed E-state index contributed by atoms with van der Waals surface area (Å²) < 4.78 is 10.1. The maximum Gasteiger partial charge on any atom is 0.324 e. The fraction of sp³-hybridized carbons (Fsp3) is 0.846.